The standard InChI is InChI=1S/C19H24O2/c1-21-18-10-9-15-12-17(8-7-16(15)13-18)19(20)11-14-5-3-2-4-6-14/h7-10,12-14,19-20H,2-6,11H2,1H3. The monoisotopic (exact) mass is 284 g/mol. The molecule has 0 amide bonds. The van der Waals surface area contributed by atoms with Gasteiger partial charge in [0.05, 0.1) is 13.2 Å². The molecule has 0 spiro atoms. The summed E-state index contributed by atoms with van der Waals surface area (Å²) in [5.74, 6) is 1.57. The summed E-state index contributed by atoms with van der Waals surface area (Å²) in [4.78, 5) is 0. The minimum absolute atomic E-state index is 0.334. The van der Waals surface area contributed by atoms with E-state index >= 15 is 0 Å². The Bertz CT molecular complexity index is 600. The van der Waals surface area contributed by atoms with Crippen LogP contribution in [-0.2, 0) is 0 Å². The highest BCUT2D eigenvalue weighted by Crippen LogP contribution is 2.33. The van der Waals surface area contributed by atoms with Crippen LogP contribution in [0.3, 0.4) is 0 Å². The van der Waals surface area contributed by atoms with E-state index in [0.29, 0.717) is 5.92 Å². The van der Waals surface area contributed by atoms with Gasteiger partial charge >= 0.3 is 0 Å². The Hall–Kier alpha value is -1.54. The normalized spacial score (nSPS) is 17.8. The van der Waals surface area contributed by atoms with Crippen molar-refractivity contribution in [3.8, 4) is 5.75 Å². The minimum atomic E-state index is -0.334. The molecule has 0 radical (unpaired) electrons. The maximum atomic E-state index is 10.5. The Morgan fingerprint density at radius 1 is 1.05 bits per heavy atom. The van der Waals surface area contributed by atoms with Crippen molar-refractivity contribution < 1.29 is 9.84 Å². The van der Waals surface area contributed by atoms with Gasteiger partial charge in [0.25, 0.3) is 0 Å². The van der Waals surface area contributed by atoms with Gasteiger partial charge in [-0.2, -0.15) is 0 Å². The molecule has 0 heterocycles. The molecule has 3 rings (SSSR count). The number of methoxy groups -OCH3 is 1. The van der Waals surface area contributed by atoms with Crippen LogP contribution in [-0.4, -0.2) is 12.2 Å². The SMILES string of the molecule is COc1ccc2cc(C(O)CC3CCCCC3)ccc2c1. The van der Waals surface area contributed by atoms with E-state index in [4.69, 9.17) is 4.74 Å². The van der Waals surface area contributed by atoms with Crippen LogP contribution in [0.4, 0.5) is 0 Å². The third-order valence-corrected chi connectivity index (χ3v) is 4.74. The van der Waals surface area contributed by atoms with Gasteiger partial charge in [-0.3, -0.25) is 0 Å². The maximum absolute atomic E-state index is 10.5. The van der Waals surface area contributed by atoms with E-state index < -0.39 is 0 Å². The molecule has 2 nitrogen and oxygen atoms in total. The molecular weight excluding hydrogens is 260 g/mol. The molecule has 1 atom stereocenters. The van der Waals surface area contributed by atoms with Crippen molar-refractivity contribution in [3.05, 3.63) is 42.0 Å². The van der Waals surface area contributed by atoms with Crippen molar-refractivity contribution >= 4 is 10.8 Å². The van der Waals surface area contributed by atoms with Crippen molar-refractivity contribution in [2.45, 2.75) is 44.6 Å². The zero-order valence-corrected chi connectivity index (χ0v) is 12.7. The fraction of sp³-hybridized carbons (Fsp3) is 0.474. The van der Waals surface area contributed by atoms with Gasteiger partial charge in [0.15, 0.2) is 0 Å². The third-order valence-electron chi connectivity index (χ3n) is 4.74. The van der Waals surface area contributed by atoms with Gasteiger partial charge in [-0.15, -0.1) is 0 Å². The molecule has 0 saturated heterocycles. The van der Waals surface area contributed by atoms with Crippen LogP contribution in [0, 0.1) is 5.92 Å². The number of fused-ring (bicyclic) bond motifs is 1. The number of aliphatic hydroxyl groups excluding tert-OH is 1. The van der Waals surface area contributed by atoms with Crippen molar-refractivity contribution in [2.75, 3.05) is 7.11 Å². The second-order valence-corrected chi connectivity index (χ2v) is 6.23. The summed E-state index contributed by atoms with van der Waals surface area (Å²) < 4.78 is 5.25. The number of hydrogen-bond acceptors (Lipinski definition) is 2. The van der Waals surface area contributed by atoms with Crippen LogP contribution < -0.4 is 4.74 Å². The molecule has 0 bridgehead atoms. The highest BCUT2D eigenvalue weighted by Gasteiger charge is 2.18. The van der Waals surface area contributed by atoms with Gasteiger partial charge < -0.3 is 9.84 Å². The summed E-state index contributed by atoms with van der Waals surface area (Å²) in [6, 6.07) is 12.3. The van der Waals surface area contributed by atoms with Crippen LogP contribution in [0.15, 0.2) is 36.4 Å². The number of aliphatic hydroxyl groups is 1. The zero-order chi connectivity index (χ0) is 14.7. The maximum Gasteiger partial charge on any atom is 0.119 e. The second-order valence-electron chi connectivity index (χ2n) is 6.23. The van der Waals surface area contributed by atoms with Crippen molar-refractivity contribution in [2.24, 2.45) is 5.92 Å². The summed E-state index contributed by atoms with van der Waals surface area (Å²) in [5, 5.41) is 12.8. The summed E-state index contributed by atoms with van der Waals surface area (Å²) in [7, 11) is 1.68. The first-order chi connectivity index (χ1) is 10.3. The molecule has 112 valence electrons. The van der Waals surface area contributed by atoms with Gasteiger partial charge in [-0.1, -0.05) is 50.3 Å². The molecule has 0 aliphatic heterocycles. The van der Waals surface area contributed by atoms with E-state index in [2.05, 4.69) is 24.3 Å². The Morgan fingerprint density at radius 3 is 2.52 bits per heavy atom. The molecule has 21 heavy (non-hydrogen) atoms. The van der Waals surface area contributed by atoms with E-state index in [0.717, 1.165) is 28.5 Å². The minimum Gasteiger partial charge on any atom is -0.497 e. The molecule has 1 fully saturated rings. The Kier molecular flexibility index (Phi) is 4.45. The van der Waals surface area contributed by atoms with E-state index in [9.17, 15) is 5.11 Å². The van der Waals surface area contributed by atoms with Crippen LogP contribution in [0.1, 0.15) is 50.2 Å². The lowest BCUT2D eigenvalue weighted by Gasteiger charge is -2.24. The Labute approximate surface area is 126 Å². The molecule has 2 aromatic carbocycles. The lowest BCUT2D eigenvalue weighted by molar-refractivity contribution is 0.131. The van der Waals surface area contributed by atoms with Crippen molar-refractivity contribution in [1.82, 2.24) is 0 Å². The van der Waals surface area contributed by atoms with E-state index in [1.807, 2.05) is 12.1 Å². The van der Waals surface area contributed by atoms with Crippen LogP contribution in [0.2, 0.25) is 0 Å². The highest BCUT2D eigenvalue weighted by molar-refractivity contribution is 5.84. The second kappa shape index (κ2) is 6.48. The van der Waals surface area contributed by atoms with Crippen LogP contribution >= 0.6 is 0 Å². The molecule has 1 aliphatic rings. The lowest BCUT2D eigenvalue weighted by Crippen LogP contribution is -2.11. The van der Waals surface area contributed by atoms with Crippen molar-refractivity contribution in [1.29, 1.82) is 0 Å². The molecular formula is C19H24O2. The van der Waals surface area contributed by atoms with Gasteiger partial charge in [-0.05, 0) is 46.9 Å². The molecule has 1 N–H and O–H groups in total. The summed E-state index contributed by atoms with van der Waals surface area (Å²) in [6.07, 6.45) is 7.15. The highest BCUT2D eigenvalue weighted by atomic mass is 16.5. The predicted octanol–water partition coefficient (Wildman–Crippen LogP) is 4.85. The topological polar surface area (TPSA) is 29.5 Å². The molecule has 1 aliphatic carbocycles. The van der Waals surface area contributed by atoms with Gasteiger partial charge in [0.1, 0.15) is 5.75 Å². The molecule has 2 heteroatoms. The fourth-order valence-corrected chi connectivity index (χ4v) is 3.45. The molecule has 1 unspecified atom stereocenters. The van der Waals surface area contributed by atoms with Gasteiger partial charge in [0.2, 0.25) is 0 Å². The smallest absolute Gasteiger partial charge is 0.119 e. The van der Waals surface area contributed by atoms with Gasteiger partial charge in [0, 0.05) is 0 Å². The molecule has 2 aromatic rings. The number of hydrogen-bond donors (Lipinski definition) is 1. The van der Waals surface area contributed by atoms with Crippen LogP contribution in [0.25, 0.3) is 10.8 Å². The fourth-order valence-electron chi connectivity index (χ4n) is 3.45. The summed E-state index contributed by atoms with van der Waals surface area (Å²) in [6.45, 7) is 0. The van der Waals surface area contributed by atoms with Crippen LogP contribution in [0.5, 0.6) is 5.75 Å². The molecule has 0 aromatic heterocycles. The summed E-state index contributed by atoms with van der Waals surface area (Å²) in [5.41, 5.74) is 1.04. The van der Waals surface area contributed by atoms with E-state index in [1.54, 1.807) is 7.11 Å². The van der Waals surface area contributed by atoms with Crippen molar-refractivity contribution in [3.63, 3.8) is 0 Å². The largest absolute Gasteiger partial charge is 0.497 e. The van der Waals surface area contributed by atoms with E-state index in [1.165, 1.54) is 32.1 Å². The number of benzene rings is 2. The quantitative estimate of drug-likeness (QED) is 0.869. The third kappa shape index (κ3) is 3.38. The first-order valence-corrected chi connectivity index (χ1v) is 8.02. The average Bonchev–Trinajstić information content (AvgIpc) is 2.54. The Balaban J connectivity index is 1.76. The van der Waals surface area contributed by atoms with E-state index in [-0.39, 0.29) is 6.10 Å². The first kappa shape index (κ1) is 14.4. The molecule has 1 saturated carbocycles. The zero-order valence-electron chi connectivity index (χ0n) is 12.7. The lowest BCUT2D eigenvalue weighted by atomic mass is 9.84. The summed E-state index contributed by atoms with van der Waals surface area (Å²) >= 11 is 0. The number of rotatable bonds is 4. The first-order valence-electron chi connectivity index (χ1n) is 8.02. The predicted molar refractivity (Wildman–Crippen MR) is 86.7 cm³/mol. The average molecular weight is 284 g/mol. The Morgan fingerprint density at radius 2 is 1.76 bits per heavy atom. The van der Waals surface area contributed by atoms with Gasteiger partial charge in [-0.25, -0.2) is 0 Å². The number of ether oxygens (including phenoxy) is 1.